The molecule has 0 aliphatic heterocycles. The first-order valence-electron chi connectivity index (χ1n) is 11.3. The van der Waals surface area contributed by atoms with E-state index in [1.807, 2.05) is 12.1 Å². The molecule has 2 N–H and O–H groups in total. The number of fused-ring (bicyclic) bond motifs is 1. The molecule has 0 atom stereocenters. The van der Waals surface area contributed by atoms with E-state index in [4.69, 9.17) is 0 Å². The van der Waals surface area contributed by atoms with Gasteiger partial charge >= 0.3 is 0 Å². The predicted molar refractivity (Wildman–Crippen MR) is 134 cm³/mol. The maximum atomic E-state index is 13.4. The fraction of sp³-hybridized carbons (Fsp3) is 0.192. The molecule has 9 nitrogen and oxygen atoms in total. The van der Waals surface area contributed by atoms with Crippen molar-refractivity contribution in [2.75, 3.05) is 5.32 Å². The Morgan fingerprint density at radius 2 is 1.72 bits per heavy atom. The van der Waals surface area contributed by atoms with Crippen molar-refractivity contribution in [2.45, 2.75) is 33.1 Å². The summed E-state index contributed by atoms with van der Waals surface area (Å²) in [6.45, 7) is 8.09. The summed E-state index contributed by atoms with van der Waals surface area (Å²) in [6, 6.07) is 14.8. The summed E-state index contributed by atoms with van der Waals surface area (Å²) in [5.41, 5.74) is 2.58. The highest BCUT2D eigenvalue weighted by Gasteiger charge is 2.18. The molecule has 0 radical (unpaired) electrons. The van der Waals surface area contributed by atoms with Crippen molar-refractivity contribution >= 4 is 22.8 Å². The maximum Gasteiger partial charge on any atom is 0.263 e. The van der Waals surface area contributed by atoms with Gasteiger partial charge in [0.25, 0.3) is 11.5 Å². The lowest BCUT2D eigenvalue weighted by atomic mass is 9.87. The standard InChI is InChI=1S/C26H24FN7O2/c1-15-13-21(29-23(35)16-5-7-17(8-6-16)26(2,3)4)34(32-15)25-30-22-20(24(36)31-25)14-28-33(22)19-11-9-18(27)10-12-19/h5-14H,1-4H3,(H,29,35)(H,30,31,36). The molecular weight excluding hydrogens is 461 g/mol. The number of rotatable bonds is 4. The first-order chi connectivity index (χ1) is 17.1. The molecule has 5 rings (SSSR count). The van der Waals surface area contributed by atoms with E-state index in [1.54, 1.807) is 37.3 Å². The fourth-order valence-electron chi connectivity index (χ4n) is 3.84. The summed E-state index contributed by atoms with van der Waals surface area (Å²) in [4.78, 5) is 33.1. The Hall–Kier alpha value is -4.60. The number of amides is 1. The zero-order valence-corrected chi connectivity index (χ0v) is 20.2. The van der Waals surface area contributed by atoms with Crippen molar-refractivity contribution in [3.05, 3.63) is 93.8 Å². The third kappa shape index (κ3) is 4.28. The summed E-state index contributed by atoms with van der Waals surface area (Å²) >= 11 is 0. The first-order valence-corrected chi connectivity index (χ1v) is 11.3. The van der Waals surface area contributed by atoms with Crippen LogP contribution in [0.3, 0.4) is 0 Å². The van der Waals surface area contributed by atoms with Gasteiger partial charge in [0.1, 0.15) is 17.0 Å². The van der Waals surface area contributed by atoms with Crippen molar-refractivity contribution in [3.63, 3.8) is 0 Å². The Kier molecular flexibility index (Phi) is 5.51. The predicted octanol–water partition coefficient (Wildman–Crippen LogP) is 4.29. The second kappa shape index (κ2) is 8.56. The van der Waals surface area contributed by atoms with Gasteiger partial charge in [-0.2, -0.15) is 19.9 Å². The van der Waals surface area contributed by atoms with Gasteiger partial charge in [0.15, 0.2) is 5.65 Å². The molecule has 182 valence electrons. The van der Waals surface area contributed by atoms with Gasteiger partial charge in [0.2, 0.25) is 5.95 Å². The van der Waals surface area contributed by atoms with Crippen LogP contribution in [0, 0.1) is 12.7 Å². The van der Waals surface area contributed by atoms with Crippen LogP contribution in [0.5, 0.6) is 0 Å². The quantitative estimate of drug-likeness (QED) is 0.395. The van der Waals surface area contributed by atoms with Crippen LogP contribution in [-0.4, -0.2) is 35.4 Å². The molecule has 2 aromatic carbocycles. The van der Waals surface area contributed by atoms with E-state index in [1.165, 1.54) is 27.7 Å². The van der Waals surface area contributed by atoms with E-state index in [-0.39, 0.29) is 34.1 Å². The second-order valence-electron chi connectivity index (χ2n) is 9.52. The summed E-state index contributed by atoms with van der Waals surface area (Å²) in [5.74, 6) is -0.269. The van der Waals surface area contributed by atoms with Crippen LogP contribution in [0.15, 0.2) is 65.6 Å². The van der Waals surface area contributed by atoms with E-state index in [0.29, 0.717) is 22.8 Å². The largest absolute Gasteiger partial charge is 0.306 e. The van der Waals surface area contributed by atoms with Crippen molar-refractivity contribution in [3.8, 4) is 11.6 Å². The van der Waals surface area contributed by atoms with Crippen LogP contribution in [0.2, 0.25) is 0 Å². The minimum Gasteiger partial charge on any atom is -0.306 e. The number of hydrogen-bond donors (Lipinski definition) is 2. The summed E-state index contributed by atoms with van der Waals surface area (Å²) in [6.07, 6.45) is 1.40. The third-order valence-corrected chi connectivity index (χ3v) is 5.78. The van der Waals surface area contributed by atoms with E-state index >= 15 is 0 Å². The molecule has 0 spiro atoms. The fourth-order valence-corrected chi connectivity index (χ4v) is 3.84. The number of benzene rings is 2. The van der Waals surface area contributed by atoms with Crippen LogP contribution >= 0.6 is 0 Å². The van der Waals surface area contributed by atoms with E-state index in [0.717, 1.165) is 5.56 Å². The van der Waals surface area contributed by atoms with Crippen LogP contribution in [0.25, 0.3) is 22.7 Å². The molecule has 36 heavy (non-hydrogen) atoms. The highest BCUT2D eigenvalue weighted by molar-refractivity contribution is 6.04. The Labute approximate surface area is 205 Å². The monoisotopic (exact) mass is 485 g/mol. The molecule has 0 saturated carbocycles. The van der Waals surface area contributed by atoms with Crippen LogP contribution < -0.4 is 10.9 Å². The van der Waals surface area contributed by atoms with Gasteiger partial charge in [-0.25, -0.2) is 9.07 Å². The van der Waals surface area contributed by atoms with Gasteiger partial charge < -0.3 is 5.32 Å². The van der Waals surface area contributed by atoms with Crippen molar-refractivity contribution in [2.24, 2.45) is 0 Å². The number of nitrogens with one attached hydrogen (secondary N) is 2. The van der Waals surface area contributed by atoms with Gasteiger partial charge in [0.05, 0.1) is 17.6 Å². The topological polar surface area (TPSA) is 110 Å². The number of H-pyrrole nitrogens is 1. The van der Waals surface area contributed by atoms with Gasteiger partial charge in [-0.1, -0.05) is 32.9 Å². The molecule has 5 aromatic rings. The smallest absolute Gasteiger partial charge is 0.263 e. The van der Waals surface area contributed by atoms with E-state index in [2.05, 4.69) is 46.3 Å². The molecule has 0 bridgehead atoms. The number of carbonyl (C=O) groups is 1. The van der Waals surface area contributed by atoms with Crippen LogP contribution in [0.4, 0.5) is 10.2 Å². The lowest BCUT2D eigenvalue weighted by Crippen LogP contribution is -2.19. The first kappa shape index (κ1) is 23.2. The second-order valence-corrected chi connectivity index (χ2v) is 9.52. The van der Waals surface area contributed by atoms with Crippen LogP contribution in [-0.2, 0) is 5.41 Å². The molecule has 0 fully saturated rings. The number of aromatic amines is 1. The van der Waals surface area contributed by atoms with Gasteiger partial charge in [-0.05, 0) is 54.3 Å². The molecule has 0 unspecified atom stereocenters. The Morgan fingerprint density at radius 3 is 2.39 bits per heavy atom. The SMILES string of the molecule is Cc1cc(NC(=O)c2ccc(C(C)(C)C)cc2)n(-c2nc3c(cnn3-c3ccc(F)cc3)c(=O)[nH]2)n1. The highest BCUT2D eigenvalue weighted by atomic mass is 19.1. The van der Waals surface area contributed by atoms with Crippen molar-refractivity contribution in [1.82, 2.24) is 29.5 Å². The average Bonchev–Trinajstić information content (AvgIpc) is 3.42. The normalized spacial score (nSPS) is 11.7. The Balaban J connectivity index is 1.52. The number of halogens is 1. The number of hydrogen-bond acceptors (Lipinski definition) is 5. The van der Waals surface area contributed by atoms with Gasteiger partial charge in [-0.15, -0.1) is 0 Å². The summed E-state index contributed by atoms with van der Waals surface area (Å²) < 4.78 is 16.2. The zero-order valence-electron chi connectivity index (χ0n) is 20.2. The third-order valence-electron chi connectivity index (χ3n) is 5.78. The van der Waals surface area contributed by atoms with E-state index < -0.39 is 5.56 Å². The van der Waals surface area contributed by atoms with Crippen LogP contribution in [0.1, 0.15) is 42.4 Å². The molecular formula is C26H24FN7O2. The Bertz CT molecular complexity index is 1640. The van der Waals surface area contributed by atoms with Crippen molar-refractivity contribution in [1.29, 1.82) is 0 Å². The van der Waals surface area contributed by atoms with Crippen molar-refractivity contribution < 1.29 is 9.18 Å². The van der Waals surface area contributed by atoms with Gasteiger partial charge in [0, 0.05) is 11.6 Å². The molecule has 3 heterocycles. The summed E-state index contributed by atoms with van der Waals surface area (Å²) in [7, 11) is 0. The highest BCUT2D eigenvalue weighted by Crippen LogP contribution is 2.23. The minimum atomic E-state index is -0.424. The maximum absolute atomic E-state index is 13.4. The number of anilines is 1. The minimum absolute atomic E-state index is 0.0264. The number of carbonyl (C=O) groups excluding carboxylic acids is 1. The molecule has 10 heteroatoms. The van der Waals surface area contributed by atoms with Gasteiger partial charge in [-0.3, -0.25) is 14.6 Å². The van der Waals surface area contributed by atoms with E-state index in [9.17, 15) is 14.0 Å². The summed E-state index contributed by atoms with van der Waals surface area (Å²) in [5, 5.41) is 11.8. The average molecular weight is 486 g/mol. The molecule has 0 saturated heterocycles. The zero-order chi connectivity index (χ0) is 25.6. The lowest BCUT2D eigenvalue weighted by Gasteiger charge is -2.19. The number of aromatic nitrogens is 6. The Morgan fingerprint density at radius 1 is 1.03 bits per heavy atom. The molecule has 3 aromatic heterocycles. The lowest BCUT2D eigenvalue weighted by molar-refractivity contribution is 0.102. The molecule has 0 aliphatic carbocycles. The molecule has 1 amide bonds. The number of nitrogens with zero attached hydrogens (tertiary/aromatic N) is 5. The number of aryl methyl sites for hydroxylation is 1. The molecule has 0 aliphatic rings.